The van der Waals surface area contributed by atoms with E-state index >= 15 is 0 Å². The second-order valence-electron chi connectivity index (χ2n) is 6.19. The first-order chi connectivity index (χ1) is 12.7. The van der Waals surface area contributed by atoms with Crippen LogP contribution >= 0.6 is 11.3 Å². The number of amides is 1. The maximum Gasteiger partial charge on any atom is 0.261 e. The Balaban J connectivity index is 1.45. The van der Waals surface area contributed by atoms with E-state index in [1.54, 1.807) is 35.6 Å². The van der Waals surface area contributed by atoms with Gasteiger partial charge in [-0.3, -0.25) is 4.79 Å². The summed E-state index contributed by atoms with van der Waals surface area (Å²) >= 11 is 1.66. The first-order valence-electron chi connectivity index (χ1n) is 8.52. The first kappa shape index (κ1) is 16.6. The molecule has 6 heteroatoms. The molecule has 0 aliphatic carbocycles. The van der Waals surface area contributed by atoms with Crippen molar-refractivity contribution in [2.24, 2.45) is 0 Å². The van der Waals surface area contributed by atoms with Crippen LogP contribution in [-0.2, 0) is 4.79 Å². The van der Waals surface area contributed by atoms with E-state index in [2.05, 4.69) is 12.1 Å². The molecule has 0 saturated carbocycles. The van der Waals surface area contributed by atoms with E-state index in [1.807, 2.05) is 23.1 Å². The molecule has 1 aliphatic rings. The van der Waals surface area contributed by atoms with Gasteiger partial charge >= 0.3 is 0 Å². The molecule has 1 saturated heterocycles. The van der Waals surface area contributed by atoms with Crippen LogP contribution in [0.4, 0.5) is 0 Å². The Morgan fingerprint density at radius 2 is 2.08 bits per heavy atom. The SMILES string of the molecule is N#Cc1ccc(OCC(=O)N2CCCC2c2nc3ccccc3s2)cc1. The lowest BCUT2D eigenvalue weighted by Gasteiger charge is -2.23. The van der Waals surface area contributed by atoms with Gasteiger partial charge in [0.2, 0.25) is 0 Å². The van der Waals surface area contributed by atoms with Gasteiger partial charge in [-0.05, 0) is 49.2 Å². The molecular weight excluding hydrogens is 346 g/mol. The Labute approximate surface area is 155 Å². The Hall–Kier alpha value is -2.91. The highest BCUT2D eigenvalue weighted by Gasteiger charge is 2.32. The highest BCUT2D eigenvalue weighted by molar-refractivity contribution is 7.18. The minimum atomic E-state index is -0.0314. The number of nitrogens with zero attached hydrogens (tertiary/aromatic N) is 3. The number of hydrogen-bond donors (Lipinski definition) is 0. The molecule has 1 unspecified atom stereocenters. The van der Waals surface area contributed by atoms with Crippen LogP contribution in [0.3, 0.4) is 0 Å². The van der Waals surface area contributed by atoms with Crippen molar-refractivity contribution in [3.63, 3.8) is 0 Å². The van der Waals surface area contributed by atoms with Gasteiger partial charge in [-0.2, -0.15) is 5.26 Å². The van der Waals surface area contributed by atoms with Crippen molar-refractivity contribution in [2.75, 3.05) is 13.2 Å². The Morgan fingerprint density at radius 1 is 1.27 bits per heavy atom. The highest BCUT2D eigenvalue weighted by Crippen LogP contribution is 2.36. The van der Waals surface area contributed by atoms with Crippen LogP contribution in [0.15, 0.2) is 48.5 Å². The van der Waals surface area contributed by atoms with Gasteiger partial charge in [-0.15, -0.1) is 11.3 Å². The van der Waals surface area contributed by atoms with Crippen molar-refractivity contribution in [1.29, 1.82) is 5.26 Å². The number of nitriles is 1. The van der Waals surface area contributed by atoms with Crippen LogP contribution in [-0.4, -0.2) is 28.9 Å². The fourth-order valence-corrected chi connectivity index (χ4v) is 4.32. The number of fused-ring (bicyclic) bond motifs is 1. The van der Waals surface area contributed by atoms with Gasteiger partial charge in [-0.1, -0.05) is 12.1 Å². The van der Waals surface area contributed by atoms with Crippen LogP contribution in [0.5, 0.6) is 5.75 Å². The van der Waals surface area contributed by atoms with Gasteiger partial charge in [-0.25, -0.2) is 4.98 Å². The number of ether oxygens (including phenoxy) is 1. The fourth-order valence-electron chi connectivity index (χ4n) is 3.21. The van der Waals surface area contributed by atoms with Crippen molar-refractivity contribution in [2.45, 2.75) is 18.9 Å². The summed E-state index contributed by atoms with van der Waals surface area (Å²) < 4.78 is 6.75. The number of carbonyl (C=O) groups excluding carboxylic acids is 1. The zero-order valence-corrected chi connectivity index (χ0v) is 14.9. The third-order valence-corrected chi connectivity index (χ3v) is 5.65. The Bertz CT molecular complexity index is 942. The largest absolute Gasteiger partial charge is 0.484 e. The summed E-state index contributed by atoms with van der Waals surface area (Å²) in [5, 5.41) is 9.82. The molecule has 3 aromatic rings. The predicted octanol–water partition coefficient (Wildman–Crippen LogP) is 3.91. The quantitative estimate of drug-likeness (QED) is 0.705. The van der Waals surface area contributed by atoms with Crippen LogP contribution in [0.1, 0.15) is 29.5 Å². The zero-order valence-electron chi connectivity index (χ0n) is 14.1. The average Bonchev–Trinajstić information content (AvgIpc) is 3.32. The van der Waals surface area contributed by atoms with E-state index in [0.29, 0.717) is 11.3 Å². The molecule has 0 spiro atoms. The minimum Gasteiger partial charge on any atom is -0.484 e. The second kappa shape index (κ2) is 7.14. The number of hydrogen-bond acceptors (Lipinski definition) is 5. The summed E-state index contributed by atoms with van der Waals surface area (Å²) in [6, 6.07) is 16.9. The zero-order chi connectivity index (χ0) is 17.9. The van der Waals surface area contributed by atoms with Crippen LogP contribution in [0.2, 0.25) is 0 Å². The van der Waals surface area contributed by atoms with Crippen molar-refractivity contribution in [3.8, 4) is 11.8 Å². The lowest BCUT2D eigenvalue weighted by molar-refractivity contribution is -0.134. The number of rotatable bonds is 4. The van der Waals surface area contributed by atoms with Crippen LogP contribution < -0.4 is 4.74 Å². The number of aromatic nitrogens is 1. The van der Waals surface area contributed by atoms with Gasteiger partial charge in [0.05, 0.1) is 27.9 Å². The van der Waals surface area contributed by atoms with E-state index in [0.717, 1.165) is 34.6 Å². The Morgan fingerprint density at radius 3 is 2.85 bits per heavy atom. The van der Waals surface area contributed by atoms with Crippen molar-refractivity contribution >= 4 is 27.5 Å². The molecule has 4 rings (SSSR count). The van der Waals surface area contributed by atoms with Gasteiger partial charge in [0, 0.05) is 6.54 Å². The number of carbonyl (C=O) groups is 1. The summed E-state index contributed by atoms with van der Waals surface area (Å²) in [6.45, 7) is 0.726. The van der Waals surface area contributed by atoms with E-state index < -0.39 is 0 Å². The van der Waals surface area contributed by atoms with Gasteiger partial charge < -0.3 is 9.64 Å². The van der Waals surface area contributed by atoms with E-state index in [-0.39, 0.29) is 18.6 Å². The Kier molecular flexibility index (Phi) is 4.55. The van der Waals surface area contributed by atoms with Gasteiger partial charge in [0.1, 0.15) is 10.8 Å². The monoisotopic (exact) mass is 363 g/mol. The molecule has 1 atom stereocenters. The van der Waals surface area contributed by atoms with Crippen molar-refractivity contribution in [3.05, 3.63) is 59.1 Å². The summed E-state index contributed by atoms with van der Waals surface area (Å²) in [7, 11) is 0. The van der Waals surface area contributed by atoms with Crippen molar-refractivity contribution in [1.82, 2.24) is 9.88 Å². The van der Waals surface area contributed by atoms with Gasteiger partial charge in [0.15, 0.2) is 6.61 Å². The molecule has 0 radical (unpaired) electrons. The molecule has 1 fully saturated rings. The smallest absolute Gasteiger partial charge is 0.261 e. The molecule has 130 valence electrons. The molecule has 1 aliphatic heterocycles. The fraction of sp³-hybridized carbons (Fsp3) is 0.250. The van der Waals surface area contributed by atoms with E-state index in [4.69, 9.17) is 15.0 Å². The molecule has 0 bridgehead atoms. The van der Waals surface area contributed by atoms with E-state index in [1.165, 1.54) is 0 Å². The molecule has 2 aromatic carbocycles. The molecule has 1 amide bonds. The summed E-state index contributed by atoms with van der Waals surface area (Å²) in [5.74, 6) is 0.559. The third kappa shape index (κ3) is 3.26. The third-order valence-electron chi connectivity index (χ3n) is 4.51. The standard InChI is InChI=1S/C20H17N3O2S/c21-12-14-7-9-15(10-8-14)25-13-19(24)23-11-3-5-17(23)20-22-16-4-1-2-6-18(16)26-20/h1-2,4,6-10,17H,3,5,11,13H2. The molecular formula is C20H17N3O2S. The molecule has 26 heavy (non-hydrogen) atoms. The number of likely N-dealkylation sites (tertiary alicyclic amines) is 1. The molecule has 0 N–H and O–H groups in total. The van der Waals surface area contributed by atoms with Crippen LogP contribution in [0.25, 0.3) is 10.2 Å². The summed E-state index contributed by atoms with van der Waals surface area (Å²) in [5.41, 5.74) is 1.56. The lowest BCUT2D eigenvalue weighted by Crippen LogP contribution is -2.34. The van der Waals surface area contributed by atoms with Gasteiger partial charge in [0.25, 0.3) is 5.91 Å². The van der Waals surface area contributed by atoms with Crippen molar-refractivity contribution < 1.29 is 9.53 Å². The number of thiazole rings is 1. The molecule has 5 nitrogen and oxygen atoms in total. The average molecular weight is 363 g/mol. The second-order valence-corrected chi connectivity index (χ2v) is 7.25. The number of para-hydroxylation sites is 1. The number of benzene rings is 2. The maximum atomic E-state index is 12.7. The molecule has 2 heterocycles. The topological polar surface area (TPSA) is 66.2 Å². The van der Waals surface area contributed by atoms with Crippen LogP contribution in [0, 0.1) is 11.3 Å². The molecule has 1 aromatic heterocycles. The summed E-state index contributed by atoms with van der Waals surface area (Å²) in [4.78, 5) is 19.3. The highest BCUT2D eigenvalue weighted by atomic mass is 32.1. The minimum absolute atomic E-state index is 0.00665. The summed E-state index contributed by atoms with van der Waals surface area (Å²) in [6.07, 6.45) is 1.91. The first-order valence-corrected chi connectivity index (χ1v) is 9.34. The van der Waals surface area contributed by atoms with E-state index in [9.17, 15) is 4.79 Å². The predicted molar refractivity (Wildman–Crippen MR) is 100.0 cm³/mol. The normalized spacial score (nSPS) is 16.6. The lowest BCUT2D eigenvalue weighted by atomic mass is 10.2. The maximum absolute atomic E-state index is 12.7.